The van der Waals surface area contributed by atoms with E-state index >= 15 is 0 Å². The number of hydrogen-bond acceptors (Lipinski definition) is 7. The molecule has 9 nitrogen and oxygen atoms in total. The Morgan fingerprint density at radius 3 is 2.48 bits per heavy atom. The Balaban J connectivity index is 0.00000441. The first-order valence-corrected chi connectivity index (χ1v) is 12.0. The summed E-state index contributed by atoms with van der Waals surface area (Å²) in [6.45, 7) is -1.23. The lowest BCUT2D eigenvalue weighted by atomic mass is 10.0. The third-order valence-corrected chi connectivity index (χ3v) is 5.92. The van der Waals surface area contributed by atoms with Crippen LogP contribution in [0.3, 0.4) is 0 Å². The normalized spacial score (nSPS) is 14.2. The Morgan fingerprint density at radius 1 is 1.15 bits per heavy atom. The van der Waals surface area contributed by atoms with Crippen LogP contribution in [0.2, 0.25) is 0 Å². The molecule has 2 atom stereocenters. The highest BCUT2D eigenvalue weighted by molar-refractivity contribution is 5.97. The minimum absolute atomic E-state index is 0. The van der Waals surface area contributed by atoms with Gasteiger partial charge in [-0.2, -0.15) is 8.78 Å². The summed E-state index contributed by atoms with van der Waals surface area (Å²) in [7, 11) is 1.29. The first kappa shape index (κ1) is 30.7. The monoisotopic (exact) mass is 586 g/mol. The summed E-state index contributed by atoms with van der Waals surface area (Å²) in [5.41, 5.74) is 5.70. The number of carbonyl (C=O) groups excluding carboxylic acids is 2. The summed E-state index contributed by atoms with van der Waals surface area (Å²) in [6, 6.07) is 4.25. The molecule has 40 heavy (non-hydrogen) atoms. The van der Waals surface area contributed by atoms with Gasteiger partial charge in [0.15, 0.2) is 23.0 Å². The summed E-state index contributed by atoms with van der Waals surface area (Å²) in [6.07, 6.45) is 1.94. The maximum atomic E-state index is 14.5. The summed E-state index contributed by atoms with van der Waals surface area (Å²) in [4.78, 5) is 29.9. The van der Waals surface area contributed by atoms with E-state index in [9.17, 15) is 27.2 Å². The zero-order valence-electron chi connectivity index (χ0n) is 21.4. The Morgan fingerprint density at radius 2 is 1.88 bits per heavy atom. The van der Waals surface area contributed by atoms with E-state index < -0.39 is 42.1 Å². The molecular formula is C26H27ClF4N4O5. The van der Waals surface area contributed by atoms with Gasteiger partial charge in [-0.1, -0.05) is 6.07 Å². The Kier molecular flexibility index (Phi) is 9.98. The van der Waals surface area contributed by atoms with Crippen LogP contribution in [0.4, 0.5) is 17.6 Å². The van der Waals surface area contributed by atoms with Crippen molar-refractivity contribution in [2.75, 3.05) is 13.7 Å². The van der Waals surface area contributed by atoms with Crippen molar-refractivity contribution in [3.8, 4) is 23.0 Å². The van der Waals surface area contributed by atoms with Crippen molar-refractivity contribution in [1.29, 1.82) is 0 Å². The number of amides is 2. The molecule has 1 aliphatic rings. The fraction of sp³-hybridized carbons (Fsp3) is 0.346. The zero-order chi connectivity index (χ0) is 28.3. The van der Waals surface area contributed by atoms with Gasteiger partial charge < -0.3 is 30.3 Å². The van der Waals surface area contributed by atoms with Crippen molar-refractivity contribution in [3.63, 3.8) is 0 Å². The Labute approximate surface area is 232 Å². The van der Waals surface area contributed by atoms with Crippen LogP contribution in [0.5, 0.6) is 11.5 Å². The molecule has 0 radical (unpaired) electrons. The molecule has 1 aromatic heterocycles. The number of nitrogens with two attached hydrogens (primary N) is 1. The van der Waals surface area contributed by atoms with Crippen molar-refractivity contribution in [1.82, 2.24) is 15.6 Å². The van der Waals surface area contributed by atoms with E-state index in [1.165, 1.54) is 32.2 Å². The van der Waals surface area contributed by atoms with Gasteiger partial charge in [-0.15, -0.1) is 12.4 Å². The molecule has 0 aliphatic heterocycles. The lowest BCUT2D eigenvalue weighted by Gasteiger charge is -2.18. The van der Waals surface area contributed by atoms with Gasteiger partial charge >= 0.3 is 6.61 Å². The second kappa shape index (κ2) is 13.0. The molecule has 216 valence electrons. The highest BCUT2D eigenvalue weighted by atomic mass is 35.5. The molecule has 1 saturated carbocycles. The molecular weight excluding hydrogens is 560 g/mol. The van der Waals surface area contributed by atoms with Gasteiger partial charge in [0.05, 0.1) is 12.6 Å². The predicted molar refractivity (Wildman–Crippen MR) is 137 cm³/mol. The van der Waals surface area contributed by atoms with E-state index in [2.05, 4.69) is 20.4 Å². The molecule has 2 amide bonds. The second-order valence-corrected chi connectivity index (χ2v) is 9.00. The third-order valence-electron chi connectivity index (χ3n) is 5.92. The predicted octanol–water partition coefficient (Wildman–Crippen LogP) is 4.67. The smallest absolute Gasteiger partial charge is 0.387 e. The Hall–Kier alpha value is -3.84. The molecule has 0 saturated heterocycles. The quantitative estimate of drug-likeness (QED) is 0.279. The number of oxazole rings is 1. The fourth-order valence-corrected chi connectivity index (χ4v) is 3.73. The number of carbonyl (C=O) groups is 2. The second-order valence-electron chi connectivity index (χ2n) is 9.00. The number of benzene rings is 2. The van der Waals surface area contributed by atoms with Crippen molar-refractivity contribution >= 4 is 24.2 Å². The topological polar surface area (TPSA) is 129 Å². The van der Waals surface area contributed by atoms with E-state index in [-0.39, 0.29) is 52.4 Å². The zero-order valence-corrected chi connectivity index (χ0v) is 22.2. The van der Waals surface area contributed by atoms with E-state index in [0.29, 0.717) is 18.6 Å². The third kappa shape index (κ3) is 7.21. The fourth-order valence-electron chi connectivity index (χ4n) is 3.73. The standard InChI is InChI=1S/C26H26F4N4O5.ClH/c1-12(31)22-21(24(36)33-20(23(35)32-2)16-7-6-15(27)10-17(16)28)34-25(39-22)14-5-8-18(38-26(29)30)19(9-14)37-11-13-3-4-13;/h5-10,12-13,20,26H,3-4,11,31H2,1-2H3,(H,32,35)(H,33,36);1H/t12-,20-;/m0./s1. The van der Waals surface area contributed by atoms with Crippen molar-refractivity contribution in [3.05, 3.63) is 65.1 Å². The first-order valence-electron chi connectivity index (χ1n) is 12.0. The van der Waals surface area contributed by atoms with Gasteiger partial charge in [-0.25, -0.2) is 13.8 Å². The van der Waals surface area contributed by atoms with Crippen molar-refractivity contribution in [2.45, 2.75) is 38.5 Å². The molecule has 1 heterocycles. The van der Waals surface area contributed by atoms with Crippen LogP contribution >= 0.6 is 12.4 Å². The van der Waals surface area contributed by atoms with Gasteiger partial charge in [0.1, 0.15) is 17.7 Å². The van der Waals surface area contributed by atoms with E-state index in [0.717, 1.165) is 25.0 Å². The maximum absolute atomic E-state index is 14.5. The molecule has 2 aromatic carbocycles. The average molecular weight is 587 g/mol. The highest BCUT2D eigenvalue weighted by Gasteiger charge is 2.30. The largest absolute Gasteiger partial charge is 0.489 e. The molecule has 0 spiro atoms. The van der Waals surface area contributed by atoms with Gasteiger partial charge in [-0.3, -0.25) is 9.59 Å². The number of rotatable bonds is 11. The van der Waals surface area contributed by atoms with E-state index in [4.69, 9.17) is 14.9 Å². The number of ether oxygens (including phenoxy) is 2. The number of aromatic nitrogens is 1. The number of nitrogens with zero attached hydrogens (tertiary/aromatic N) is 1. The first-order chi connectivity index (χ1) is 18.6. The molecule has 0 unspecified atom stereocenters. The van der Waals surface area contributed by atoms with Gasteiger partial charge in [0.25, 0.3) is 5.91 Å². The lowest BCUT2D eigenvalue weighted by Crippen LogP contribution is -2.40. The SMILES string of the molecule is CNC(=O)[C@@H](NC(=O)c1nc(-c2ccc(OC(F)F)c(OCC3CC3)c2)oc1[C@H](C)N)c1ccc(F)cc1F.Cl. The van der Waals surface area contributed by atoms with E-state index in [1.807, 2.05) is 0 Å². The Bertz CT molecular complexity index is 1370. The highest BCUT2D eigenvalue weighted by Crippen LogP contribution is 2.37. The van der Waals surface area contributed by atoms with Crippen LogP contribution in [0.1, 0.15) is 53.7 Å². The lowest BCUT2D eigenvalue weighted by molar-refractivity contribution is -0.122. The summed E-state index contributed by atoms with van der Waals surface area (Å²) < 4.78 is 69.6. The number of nitrogens with one attached hydrogen (secondary N) is 2. The molecule has 0 bridgehead atoms. The van der Waals surface area contributed by atoms with Gasteiger partial charge in [-0.05, 0) is 49.9 Å². The number of halogens is 5. The molecule has 4 rings (SSSR count). The summed E-state index contributed by atoms with van der Waals surface area (Å²) >= 11 is 0. The van der Waals surface area contributed by atoms with Gasteiger partial charge in [0, 0.05) is 24.2 Å². The van der Waals surface area contributed by atoms with Crippen LogP contribution in [0.25, 0.3) is 11.5 Å². The van der Waals surface area contributed by atoms with Crippen molar-refractivity contribution in [2.24, 2.45) is 11.7 Å². The number of alkyl halides is 2. The molecule has 1 aliphatic carbocycles. The van der Waals surface area contributed by atoms with Crippen molar-refractivity contribution < 1.29 is 41.0 Å². The summed E-state index contributed by atoms with van der Waals surface area (Å²) in [5.74, 6) is -3.54. The van der Waals surface area contributed by atoms with Crippen LogP contribution in [0.15, 0.2) is 40.8 Å². The molecule has 3 aromatic rings. The van der Waals surface area contributed by atoms with Crippen LogP contribution < -0.4 is 25.8 Å². The van der Waals surface area contributed by atoms with Crippen LogP contribution in [0, 0.1) is 17.6 Å². The maximum Gasteiger partial charge on any atom is 0.387 e. The minimum atomic E-state index is -3.07. The van der Waals surface area contributed by atoms with Gasteiger partial charge in [0.2, 0.25) is 11.8 Å². The molecule has 1 fully saturated rings. The van der Waals surface area contributed by atoms with Crippen LogP contribution in [-0.2, 0) is 4.79 Å². The minimum Gasteiger partial charge on any atom is -0.489 e. The van der Waals surface area contributed by atoms with E-state index in [1.54, 1.807) is 0 Å². The number of likely N-dealkylation sites (N-methyl/N-ethyl adjacent to an activating group) is 1. The van der Waals surface area contributed by atoms with Crippen LogP contribution in [-0.4, -0.2) is 37.1 Å². The summed E-state index contributed by atoms with van der Waals surface area (Å²) in [5, 5.41) is 4.70. The number of hydrogen-bond donors (Lipinski definition) is 3. The molecule has 14 heteroatoms. The molecule has 4 N–H and O–H groups in total. The average Bonchev–Trinajstić information content (AvgIpc) is 3.61.